The van der Waals surface area contributed by atoms with Gasteiger partial charge in [0.25, 0.3) is 0 Å². The molecule has 0 bridgehead atoms. The Balaban J connectivity index is 1.65. The molecular weight excluding hydrogens is 272 g/mol. The van der Waals surface area contributed by atoms with Crippen LogP contribution >= 0.6 is 0 Å². The summed E-state index contributed by atoms with van der Waals surface area (Å²) >= 11 is 0. The van der Waals surface area contributed by atoms with E-state index in [1.54, 1.807) is 6.92 Å². The summed E-state index contributed by atoms with van der Waals surface area (Å²) in [6.45, 7) is 5.08. The first kappa shape index (κ1) is 13.7. The van der Waals surface area contributed by atoms with Crippen molar-refractivity contribution in [3.05, 3.63) is 23.0 Å². The molecule has 1 atom stereocenters. The molecule has 1 N–H and O–H groups in total. The average Bonchev–Trinajstić information content (AvgIpc) is 3.08. The molecule has 0 aromatic carbocycles. The van der Waals surface area contributed by atoms with Crippen LogP contribution in [0.3, 0.4) is 0 Å². The number of nitrogens with zero attached hydrogens (tertiary/aromatic N) is 5. The number of rotatable bonds is 3. The number of hydrogen-bond donors (Lipinski definition) is 1. The van der Waals surface area contributed by atoms with Crippen LogP contribution in [0.1, 0.15) is 41.8 Å². The lowest BCUT2D eigenvalue weighted by Gasteiger charge is -2.31. The molecule has 3 rings (SSSR count). The van der Waals surface area contributed by atoms with E-state index in [1.165, 1.54) is 0 Å². The van der Waals surface area contributed by atoms with Crippen LogP contribution < -0.4 is 0 Å². The van der Waals surface area contributed by atoms with Crippen molar-refractivity contribution < 1.29 is 9.42 Å². The van der Waals surface area contributed by atoms with Gasteiger partial charge in [-0.3, -0.25) is 9.89 Å². The molecule has 21 heavy (non-hydrogen) atoms. The van der Waals surface area contributed by atoms with Crippen LogP contribution in [0.25, 0.3) is 0 Å². The van der Waals surface area contributed by atoms with Crippen LogP contribution in [-0.2, 0) is 11.2 Å². The minimum absolute atomic E-state index is 0.0470. The number of aromatic nitrogens is 5. The van der Waals surface area contributed by atoms with Crippen LogP contribution in [0.4, 0.5) is 0 Å². The third kappa shape index (κ3) is 2.93. The molecule has 8 heteroatoms. The maximum Gasteiger partial charge on any atom is 0.228 e. The fraction of sp³-hybridized carbons (Fsp3) is 0.615. The molecule has 8 nitrogen and oxygen atoms in total. The highest BCUT2D eigenvalue weighted by Crippen LogP contribution is 2.24. The Bertz CT molecular complexity index is 634. The molecule has 1 aliphatic rings. The normalized spacial score (nSPS) is 19.0. The zero-order valence-electron chi connectivity index (χ0n) is 12.2. The van der Waals surface area contributed by atoms with Gasteiger partial charge in [0, 0.05) is 19.0 Å². The Morgan fingerprint density at radius 1 is 1.43 bits per heavy atom. The first-order valence-electron chi connectivity index (χ1n) is 7.08. The van der Waals surface area contributed by atoms with Gasteiger partial charge in [0.1, 0.15) is 17.2 Å². The van der Waals surface area contributed by atoms with Crippen molar-refractivity contribution in [1.29, 1.82) is 0 Å². The molecule has 0 radical (unpaired) electrons. The second kappa shape index (κ2) is 5.63. The van der Waals surface area contributed by atoms with E-state index in [2.05, 4.69) is 30.1 Å². The molecule has 0 spiro atoms. The Kier molecular flexibility index (Phi) is 3.68. The number of aryl methyl sites for hydroxylation is 2. The third-order valence-corrected chi connectivity index (χ3v) is 3.82. The van der Waals surface area contributed by atoms with Crippen LogP contribution in [0.2, 0.25) is 0 Å². The Hall–Kier alpha value is -2.25. The van der Waals surface area contributed by atoms with E-state index < -0.39 is 0 Å². The fourth-order valence-corrected chi connectivity index (χ4v) is 2.62. The van der Waals surface area contributed by atoms with Crippen molar-refractivity contribution in [1.82, 2.24) is 30.4 Å². The summed E-state index contributed by atoms with van der Waals surface area (Å²) in [7, 11) is 0. The van der Waals surface area contributed by atoms with Crippen molar-refractivity contribution in [2.45, 2.75) is 39.0 Å². The standard InChI is InChI=1S/C13H18N6O2/c1-8-11(18-21-17-8)6-12(20)19-5-3-4-10(7-19)13-14-9(2)15-16-13/h10H,3-7H2,1-2H3,(H,14,15,16)/t10-/m0/s1. The molecule has 0 saturated carbocycles. The molecule has 1 fully saturated rings. The predicted molar refractivity (Wildman–Crippen MR) is 72.4 cm³/mol. The van der Waals surface area contributed by atoms with Gasteiger partial charge in [-0.2, -0.15) is 5.10 Å². The quantitative estimate of drug-likeness (QED) is 0.895. The van der Waals surface area contributed by atoms with E-state index in [9.17, 15) is 4.79 Å². The molecule has 3 heterocycles. The molecule has 1 aliphatic heterocycles. The summed E-state index contributed by atoms with van der Waals surface area (Å²) in [5, 5.41) is 14.5. The average molecular weight is 290 g/mol. The summed E-state index contributed by atoms with van der Waals surface area (Å²) in [4.78, 5) is 18.6. The highest BCUT2D eigenvalue weighted by atomic mass is 16.6. The minimum atomic E-state index is 0.0470. The maximum absolute atomic E-state index is 12.4. The van der Waals surface area contributed by atoms with E-state index in [4.69, 9.17) is 0 Å². The summed E-state index contributed by atoms with van der Waals surface area (Å²) < 4.78 is 4.63. The maximum atomic E-state index is 12.4. The van der Waals surface area contributed by atoms with Gasteiger partial charge in [-0.1, -0.05) is 10.3 Å². The zero-order chi connectivity index (χ0) is 14.8. The second-order valence-electron chi connectivity index (χ2n) is 5.43. The predicted octanol–water partition coefficient (Wildman–Crippen LogP) is 0.753. The second-order valence-corrected chi connectivity index (χ2v) is 5.43. The first-order chi connectivity index (χ1) is 10.1. The van der Waals surface area contributed by atoms with Gasteiger partial charge >= 0.3 is 0 Å². The molecule has 0 unspecified atom stereocenters. The lowest BCUT2D eigenvalue weighted by Crippen LogP contribution is -2.40. The van der Waals surface area contributed by atoms with Crippen molar-refractivity contribution >= 4 is 5.91 Å². The smallest absolute Gasteiger partial charge is 0.228 e. The Morgan fingerprint density at radius 3 is 2.95 bits per heavy atom. The number of nitrogens with one attached hydrogen (secondary N) is 1. The number of amides is 1. The fourth-order valence-electron chi connectivity index (χ4n) is 2.62. The van der Waals surface area contributed by atoms with Gasteiger partial charge < -0.3 is 4.90 Å². The van der Waals surface area contributed by atoms with Crippen molar-refractivity contribution in [2.75, 3.05) is 13.1 Å². The van der Waals surface area contributed by atoms with E-state index in [0.29, 0.717) is 17.9 Å². The molecule has 2 aromatic heterocycles. The molecule has 112 valence electrons. The largest absolute Gasteiger partial charge is 0.342 e. The lowest BCUT2D eigenvalue weighted by atomic mass is 9.97. The molecular formula is C13H18N6O2. The third-order valence-electron chi connectivity index (χ3n) is 3.82. The van der Waals surface area contributed by atoms with Crippen LogP contribution in [0.15, 0.2) is 4.63 Å². The number of H-pyrrole nitrogens is 1. The number of piperidine rings is 1. The molecule has 2 aromatic rings. The molecule has 1 saturated heterocycles. The number of carbonyl (C=O) groups excluding carboxylic acids is 1. The van der Waals surface area contributed by atoms with E-state index in [1.807, 2.05) is 11.8 Å². The number of carbonyl (C=O) groups is 1. The summed E-state index contributed by atoms with van der Waals surface area (Å²) in [6, 6.07) is 0. The number of likely N-dealkylation sites (tertiary alicyclic amines) is 1. The van der Waals surface area contributed by atoms with Crippen molar-refractivity contribution in [3.8, 4) is 0 Å². The van der Waals surface area contributed by atoms with Crippen LogP contribution in [0.5, 0.6) is 0 Å². The van der Waals surface area contributed by atoms with Gasteiger partial charge in [-0.25, -0.2) is 9.61 Å². The minimum Gasteiger partial charge on any atom is -0.342 e. The molecule has 1 amide bonds. The lowest BCUT2D eigenvalue weighted by molar-refractivity contribution is -0.131. The summed E-state index contributed by atoms with van der Waals surface area (Å²) in [6.07, 6.45) is 2.20. The number of aromatic amines is 1. The number of hydrogen-bond acceptors (Lipinski definition) is 6. The SMILES string of the molecule is Cc1nc([C@H]2CCCN(C(=O)Cc3nonc3C)C2)n[nH]1. The van der Waals surface area contributed by atoms with Gasteiger partial charge in [-0.15, -0.1) is 0 Å². The van der Waals surface area contributed by atoms with Crippen LogP contribution in [0, 0.1) is 13.8 Å². The highest BCUT2D eigenvalue weighted by Gasteiger charge is 2.27. The molecule has 0 aliphatic carbocycles. The van der Waals surface area contributed by atoms with Crippen LogP contribution in [-0.4, -0.2) is 49.4 Å². The summed E-state index contributed by atoms with van der Waals surface area (Å²) in [5.41, 5.74) is 1.28. The van der Waals surface area contributed by atoms with Gasteiger partial charge in [0.15, 0.2) is 5.82 Å². The van der Waals surface area contributed by atoms with Crippen molar-refractivity contribution in [2.24, 2.45) is 0 Å². The van der Waals surface area contributed by atoms with Gasteiger partial charge in [0.05, 0.1) is 6.42 Å². The summed E-state index contributed by atoms with van der Waals surface area (Å²) in [5.74, 6) is 1.84. The van der Waals surface area contributed by atoms with Gasteiger partial charge in [0.2, 0.25) is 5.91 Å². The van der Waals surface area contributed by atoms with E-state index >= 15 is 0 Å². The van der Waals surface area contributed by atoms with Crippen molar-refractivity contribution in [3.63, 3.8) is 0 Å². The topological polar surface area (TPSA) is 101 Å². The monoisotopic (exact) mass is 290 g/mol. The zero-order valence-corrected chi connectivity index (χ0v) is 12.2. The Morgan fingerprint density at radius 2 is 2.29 bits per heavy atom. The first-order valence-corrected chi connectivity index (χ1v) is 7.08. The Labute approximate surface area is 121 Å². The van der Waals surface area contributed by atoms with E-state index in [0.717, 1.165) is 31.0 Å². The highest BCUT2D eigenvalue weighted by molar-refractivity contribution is 5.78. The van der Waals surface area contributed by atoms with E-state index in [-0.39, 0.29) is 18.2 Å². The van der Waals surface area contributed by atoms with Gasteiger partial charge in [-0.05, 0) is 26.7 Å².